The van der Waals surface area contributed by atoms with Crippen molar-refractivity contribution in [3.05, 3.63) is 22.4 Å². The van der Waals surface area contributed by atoms with Gasteiger partial charge in [0.2, 0.25) is 0 Å². The van der Waals surface area contributed by atoms with Crippen LogP contribution in [0.4, 0.5) is 4.39 Å². The summed E-state index contributed by atoms with van der Waals surface area (Å²) in [5.41, 5.74) is 1.78. The summed E-state index contributed by atoms with van der Waals surface area (Å²) >= 11 is 0. The van der Waals surface area contributed by atoms with Crippen molar-refractivity contribution in [3.8, 4) is 12.1 Å². The van der Waals surface area contributed by atoms with Crippen molar-refractivity contribution in [1.82, 2.24) is 4.90 Å². The van der Waals surface area contributed by atoms with Crippen molar-refractivity contribution in [2.45, 2.75) is 26.7 Å². The van der Waals surface area contributed by atoms with Gasteiger partial charge in [0.15, 0.2) is 0 Å². The second-order valence-corrected chi connectivity index (χ2v) is 4.12. The van der Waals surface area contributed by atoms with Gasteiger partial charge < -0.3 is 4.90 Å². The second-order valence-electron chi connectivity index (χ2n) is 4.12. The molecule has 1 fully saturated rings. The topological polar surface area (TPSA) is 50.8 Å². The Morgan fingerprint density at radius 2 is 1.76 bits per heavy atom. The molecule has 1 aliphatic rings. The fourth-order valence-electron chi connectivity index (χ4n) is 2.01. The van der Waals surface area contributed by atoms with E-state index in [4.69, 9.17) is 10.5 Å². The summed E-state index contributed by atoms with van der Waals surface area (Å²) in [5.74, 6) is 0. The Morgan fingerprint density at radius 1 is 1.18 bits per heavy atom. The number of likely N-dealkylation sites (tertiary alicyclic amines) is 1. The molecule has 1 heterocycles. The number of hydrogen-bond acceptors (Lipinski definition) is 3. The molecule has 1 rings (SSSR count). The van der Waals surface area contributed by atoms with Crippen LogP contribution in [-0.4, -0.2) is 24.7 Å². The second kappa shape index (κ2) is 6.06. The van der Waals surface area contributed by atoms with Crippen molar-refractivity contribution in [2.24, 2.45) is 0 Å². The molecule has 0 amide bonds. The summed E-state index contributed by atoms with van der Waals surface area (Å²) in [6.45, 7) is 4.54. The Bertz CT molecular complexity index is 429. The van der Waals surface area contributed by atoms with Gasteiger partial charge in [-0.05, 0) is 32.3 Å². The van der Waals surface area contributed by atoms with Crippen LogP contribution in [-0.2, 0) is 0 Å². The molecule has 1 saturated heterocycles. The molecule has 0 aromatic rings. The Balaban J connectivity index is 3.15. The zero-order chi connectivity index (χ0) is 12.8. The van der Waals surface area contributed by atoms with Crippen LogP contribution in [0.2, 0.25) is 0 Å². The van der Waals surface area contributed by atoms with Gasteiger partial charge in [0, 0.05) is 18.8 Å². The van der Waals surface area contributed by atoms with Crippen LogP contribution in [0.5, 0.6) is 0 Å². The number of nitriles is 2. The number of nitrogens with zero attached hydrogens (tertiary/aromatic N) is 3. The van der Waals surface area contributed by atoms with Crippen LogP contribution < -0.4 is 0 Å². The number of rotatable bonds is 3. The predicted octanol–water partition coefficient (Wildman–Crippen LogP) is 2.69. The van der Waals surface area contributed by atoms with E-state index >= 15 is 0 Å². The van der Waals surface area contributed by atoms with Gasteiger partial charge in [0.05, 0.1) is 17.2 Å². The van der Waals surface area contributed by atoms with Gasteiger partial charge in [-0.1, -0.05) is 0 Å². The fourth-order valence-corrected chi connectivity index (χ4v) is 2.01. The lowest BCUT2D eigenvalue weighted by molar-refractivity contribution is 0.425. The third-order valence-electron chi connectivity index (χ3n) is 3.15. The first-order chi connectivity index (χ1) is 8.15. The summed E-state index contributed by atoms with van der Waals surface area (Å²) in [7, 11) is 0. The molecule has 0 aromatic heterocycles. The van der Waals surface area contributed by atoms with Crippen molar-refractivity contribution in [1.29, 1.82) is 10.5 Å². The number of halogens is 1. The normalized spacial score (nSPS) is 18.1. The highest BCUT2D eigenvalue weighted by molar-refractivity contribution is 5.49. The quantitative estimate of drug-likeness (QED) is 0.556. The molecule has 0 aliphatic carbocycles. The van der Waals surface area contributed by atoms with E-state index in [1.807, 2.05) is 13.0 Å². The maximum Gasteiger partial charge on any atom is 0.125 e. The minimum atomic E-state index is -0.819. The molecule has 0 unspecified atom stereocenters. The van der Waals surface area contributed by atoms with Gasteiger partial charge in [0.25, 0.3) is 0 Å². The molecule has 0 bridgehead atoms. The number of allylic oxidation sites excluding steroid dienone is 4. The highest BCUT2D eigenvalue weighted by Crippen LogP contribution is 2.23. The monoisotopic (exact) mass is 233 g/mol. The molecule has 90 valence electrons. The van der Waals surface area contributed by atoms with Gasteiger partial charge in [-0.15, -0.1) is 0 Å². The molecular formula is C13H16FN3. The Hall–Kier alpha value is -1.81. The zero-order valence-electron chi connectivity index (χ0n) is 10.3. The van der Waals surface area contributed by atoms with E-state index in [1.165, 1.54) is 0 Å². The third kappa shape index (κ3) is 2.85. The first kappa shape index (κ1) is 13.3. The van der Waals surface area contributed by atoms with Gasteiger partial charge in [-0.25, -0.2) is 4.39 Å². The standard InChI is InChI=1S/C13H16FN3/c1-10(12(7-14)8-15)13(9-16)11(2)17-5-3-4-6-17/h3-7H2,1-2H3/b12-10+,13-11+. The lowest BCUT2D eigenvalue weighted by Crippen LogP contribution is -2.18. The Morgan fingerprint density at radius 3 is 2.18 bits per heavy atom. The molecule has 1 aliphatic heterocycles. The largest absolute Gasteiger partial charge is 0.374 e. The molecule has 0 N–H and O–H groups in total. The molecule has 0 saturated carbocycles. The van der Waals surface area contributed by atoms with Crippen molar-refractivity contribution >= 4 is 0 Å². The van der Waals surface area contributed by atoms with Gasteiger partial charge in [0.1, 0.15) is 12.7 Å². The fraction of sp³-hybridized carbons (Fsp3) is 0.538. The van der Waals surface area contributed by atoms with E-state index in [-0.39, 0.29) is 5.57 Å². The summed E-state index contributed by atoms with van der Waals surface area (Å²) in [6, 6.07) is 3.90. The van der Waals surface area contributed by atoms with Crippen LogP contribution >= 0.6 is 0 Å². The van der Waals surface area contributed by atoms with Crippen molar-refractivity contribution < 1.29 is 4.39 Å². The maximum absolute atomic E-state index is 12.6. The smallest absolute Gasteiger partial charge is 0.125 e. The first-order valence-electron chi connectivity index (χ1n) is 5.67. The molecule has 0 spiro atoms. The van der Waals surface area contributed by atoms with Crippen LogP contribution in [0.1, 0.15) is 26.7 Å². The summed E-state index contributed by atoms with van der Waals surface area (Å²) < 4.78 is 12.6. The number of hydrogen-bond donors (Lipinski definition) is 0. The highest BCUT2D eigenvalue weighted by atomic mass is 19.1. The van der Waals surface area contributed by atoms with Gasteiger partial charge >= 0.3 is 0 Å². The van der Waals surface area contributed by atoms with Gasteiger partial charge in [-0.2, -0.15) is 10.5 Å². The summed E-state index contributed by atoms with van der Waals surface area (Å²) in [5, 5.41) is 18.0. The summed E-state index contributed by atoms with van der Waals surface area (Å²) in [6.07, 6.45) is 2.24. The van der Waals surface area contributed by atoms with Gasteiger partial charge in [-0.3, -0.25) is 0 Å². The molecule has 4 heteroatoms. The van der Waals surface area contributed by atoms with E-state index in [2.05, 4.69) is 11.0 Å². The number of alkyl halides is 1. The third-order valence-corrected chi connectivity index (χ3v) is 3.15. The van der Waals surface area contributed by atoms with E-state index in [0.29, 0.717) is 11.1 Å². The average Bonchev–Trinajstić information content (AvgIpc) is 2.85. The SMILES string of the molecule is CC(=C(\C#N)CF)/C(C#N)=C(\C)N1CCCC1. The predicted molar refractivity (Wildman–Crippen MR) is 63.4 cm³/mol. The Kier molecular flexibility index (Phi) is 4.72. The van der Waals surface area contributed by atoms with E-state index < -0.39 is 6.67 Å². The molecule has 0 radical (unpaired) electrons. The lowest BCUT2D eigenvalue weighted by Gasteiger charge is -2.20. The minimum absolute atomic E-state index is 0.0418. The molecular weight excluding hydrogens is 217 g/mol. The first-order valence-corrected chi connectivity index (χ1v) is 5.67. The van der Waals surface area contributed by atoms with Crippen molar-refractivity contribution in [2.75, 3.05) is 19.8 Å². The van der Waals surface area contributed by atoms with Crippen LogP contribution in [0.3, 0.4) is 0 Å². The highest BCUT2D eigenvalue weighted by Gasteiger charge is 2.17. The maximum atomic E-state index is 12.6. The average molecular weight is 233 g/mol. The van der Waals surface area contributed by atoms with Crippen LogP contribution in [0, 0.1) is 22.7 Å². The Labute approximate surface area is 101 Å². The van der Waals surface area contributed by atoms with E-state index in [9.17, 15) is 4.39 Å². The summed E-state index contributed by atoms with van der Waals surface area (Å²) in [4.78, 5) is 2.12. The minimum Gasteiger partial charge on any atom is -0.374 e. The lowest BCUT2D eigenvalue weighted by atomic mass is 10.0. The molecule has 17 heavy (non-hydrogen) atoms. The molecule has 0 atom stereocenters. The molecule has 3 nitrogen and oxygen atoms in total. The zero-order valence-corrected chi connectivity index (χ0v) is 10.3. The van der Waals surface area contributed by atoms with E-state index in [1.54, 1.807) is 6.92 Å². The van der Waals surface area contributed by atoms with Crippen LogP contribution in [0.15, 0.2) is 22.4 Å². The van der Waals surface area contributed by atoms with Crippen LogP contribution in [0.25, 0.3) is 0 Å². The van der Waals surface area contributed by atoms with Crippen molar-refractivity contribution in [3.63, 3.8) is 0 Å². The van der Waals surface area contributed by atoms with E-state index in [0.717, 1.165) is 31.6 Å². The molecule has 0 aromatic carbocycles.